The molecule has 3 amide bonds. The quantitative estimate of drug-likeness (QED) is 0.610. The average molecular weight is 486 g/mol. The molecule has 1 aromatic carbocycles. The molecule has 0 bridgehead atoms. The number of hydrogen-bond donors (Lipinski definition) is 1. The van der Waals surface area contributed by atoms with Gasteiger partial charge in [-0.2, -0.15) is 0 Å². The van der Waals surface area contributed by atoms with Crippen LogP contribution in [0.2, 0.25) is 0 Å². The minimum Gasteiger partial charge on any atom is -0.491 e. The minimum atomic E-state index is -0.223. The fourth-order valence-corrected chi connectivity index (χ4v) is 5.46. The maximum Gasteiger partial charge on any atom is 0.318 e. The van der Waals surface area contributed by atoms with Crippen LogP contribution in [0.4, 0.5) is 4.79 Å². The van der Waals surface area contributed by atoms with Crippen LogP contribution in [0.5, 0.6) is 5.75 Å². The van der Waals surface area contributed by atoms with Crippen molar-refractivity contribution in [1.82, 2.24) is 15.1 Å². The van der Waals surface area contributed by atoms with Crippen molar-refractivity contribution in [2.75, 3.05) is 32.8 Å². The topological polar surface area (TPSA) is 71.1 Å². The second-order valence-electron chi connectivity index (χ2n) is 9.40. The molecule has 0 spiro atoms. The highest BCUT2D eigenvalue weighted by atomic mass is 32.1. The molecule has 0 unspecified atom stereocenters. The van der Waals surface area contributed by atoms with Crippen LogP contribution >= 0.6 is 11.3 Å². The zero-order valence-corrected chi connectivity index (χ0v) is 21.1. The third-order valence-electron chi connectivity index (χ3n) is 6.32. The standard InChI is InChI=1S/C26H35N3O4S/c1-18(2)27-26(31)28(15-21-5-4-13-32-21)16-25(30)29-12-10-24-22(11-14-34-24)23(29)17-33-20-8-6-19(3)7-9-20/h6-9,11,14,18,21,23H,4-5,10,12-13,15-17H2,1-3H3,(H,27,31)/t21-,23-/m0/s1. The van der Waals surface area contributed by atoms with Crippen LogP contribution in [-0.2, 0) is 16.0 Å². The summed E-state index contributed by atoms with van der Waals surface area (Å²) < 4.78 is 11.9. The molecule has 0 radical (unpaired) electrons. The van der Waals surface area contributed by atoms with Crippen LogP contribution in [0, 0.1) is 6.92 Å². The average Bonchev–Trinajstić information content (AvgIpc) is 3.49. The minimum absolute atomic E-state index is 0.00592. The van der Waals surface area contributed by atoms with E-state index in [1.54, 1.807) is 16.2 Å². The summed E-state index contributed by atoms with van der Waals surface area (Å²) in [7, 11) is 0. The van der Waals surface area contributed by atoms with Crippen molar-refractivity contribution in [2.45, 2.75) is 58.2 Å². The number of rotatable bonds is 8. The van der Waals surface area contributed by atoms with Gasteiger partial charge in [-0.1, -0.05) is 17.7 Å². The number of fused-ring (bicyclic) bond motifs is 1. The Kier molecular flexibility index (Phi) is 8.11. The highest BCUT2D eigenvalue weighted by Gasteiger charge is 2.34. The van der Waals surface area contributed by atoms with Crippen LogP contribution in [0.25, 0.3) is 0 Å². The predicted octanol–water partition coefficient (Wildman–Crippen LogP) is 4.16. The molecule has 2 atom stereocenters. The number of urea groups is 1. The predicted molar refractivity (Wildman–Crippen MR) is 133 cm³/mol. The third kappa shape index (κ3) is 6.10. The Morgan fingerprint density at radius 3 is 2.76 bits per heavy atom. The van der Waals surface area contributed by atoms with E-state index in [1.165, 1.54) is 10.4 Å². The molecule has 3 heterocycles. The number of hydrogen-bond acceptors (Lipinski definition) is 5. The van der Waals surface area contributed by atoms with Gasteiger partial charge >= 0.3 is 6.03 Å². The first kappa shape index (κ1) is 24.5. The van der Waals surface area contributed by atoms with Crippen LogP contribution in [0.15, 0.2) is 35.7 Å². The zero-order valence-electron chi connectivity index (χ0n) is 20.3. The highest BCUT2D eigenvalue weighted by molar-refractivity contribution is 7.10. The van der Waals surface area contributed by atoms with Crippen LogP contribution in [-0.4, -0.2) is 66.7 Å². The van der Waals surface area contributed by atoms with Crippen molar-refractivity contribution in [3.05, 3.63) is 51.7 Å². The second-order valence-corrected chi connectivity index (χ2v) is 10.4. The van der Waals surface area contributed by atoms with Crippen molar-refractivity contribution in [1.29, 1.82) is 0 Å². The number of carbonyl (C=O) groups is 2. The molecule has 7 nitrogen and oxygen atoms in total. The molecule has 1 N–H and O–H groups in total. The first-order chi connectivity index (χ1) is 16.4. The third-order valence-corrected chi connectivity index (χ3v) is 7.31. The van der Waals surface area contributed by atoms with Gasteiger partial charge in [0.15, 0.2) is 0 Å². The van der Waals surface area contributed by atoms with Crippen molar-refractivity contribution >= 4 is 23.3 Å². The summed E-state index contributed by atoms with van der Waals surface area (Å²) in [5, 5.41) is 5.02. The Morgan fingerprint density at radius 1 is 1.26 bits per heavy atom. The van der Waals surface area contributed by atoms with Crippen molar-refractivity contribution in [3.8, 4) is 5.75 Å². The van der Waals surface area contributed by atoms with E-state index < -0.39 is 0 Å². The SMILES string of the molecule is Cc1ccc(OC[C@H]2c3ccsc3CCN2C(=O)CN(C[C@@H]2CCCO2)C(=O)NC(C)C)cc1. The van der Waals surface area contributed by atoms with Crippen LogP contribution in [0.1, 0.15) is 48.7 Å². The molecule has 1 aromatic heterocycles. The number of ether oxygens (including phenoxy) is 2. The molecular formula is C26H35N3O4S. The number of aryl methyl sites for hydroxylation is 1. The van der Waals surface area contributed by atoms with E-state index in [1.807, 2.05) is 49.9 Å². The molecule has 0 saturated carbocycles. The second kappa shape index (κ2) is 11.2. The van der Waals surface area contributed by atoms with Gasteiger partial charge < -0.3 is 24.6 Å². The van der Waals surface area contributed by atoms with E-state index in [0.29, 0.717) is 26.3 Å². The van der Waals surface area contributed by atoms with E-state index in [2.05, 4.69) is 16.8 Å². The summed E-state index contributed by atoms with van der Waals surface area (Å²) in [6, 6.07) is 9.64. The van der Waals surface area contributed by atoms with Crippen LogP contribution in [0.3, 0.4) is 0 Å². The Morgan fingerprint density at radius 2 is 2.06 bits per heavy atom. The van der Waals surface area contributed by atoms with Gasteiger partial charge in [-0.3, -0.25) is 4.79 Å². The molecule has 2 aliphatic heterocycles. The lowest BCUT2D eigenvalue weighted by Gasteiger charge is -2.37. The van der Waals surface area contributed by atoms with E-state index in [-0.39, 0.29) is 36.7 Å². The summed E-state index contributed by atoms with van der Waals surface area (Å²) in [5.74, 6) is 0.725. The van der Waals surface area contributed by atoms with E-state index in [9.17, 15) is 9.59 Å². The molecule has 2 aliphatic rings. The van der Waals surface area contributed by atoms with Gasteiger partial charge in [-0.15, -0.1) is 11.3 Å². The maximum atomic E-state index is 13.6. The monoisotopic (exact) mass is 485 g/mol. The maximum absolute atomic E-state index is 13.6. The smallest absolute Gasteiger partial charge is 0.318 e. The summed E-state index contributed by atoms with van der Waals surface area (Å²) in [6.07, 6.45) is 2.71. The highest BCUT2D eigenvalue weighted by Crippen LogP contribution is 2.34. The van der Waals surface area contributed by atoms with E-state index in [4.69, 9.17) is 9.47 Å². The molecule has 34 heavy (non-hydrogen) atoms. The molecular weight excluding hydrogens is 450 g/mol. The number of thiophene rings is 1. The summed E-state index contributed by atoms with van der Waals surface area (Å²) in [6.45, 7) is 8.04. The molecule has 1 saturated heterocycles. The largest absolute Gasteiger partial charge is 0.491 e. The summed E-state index contributed by atoms with van der Waals surface area (Å²) >= 11 is 1.73. The van der Waals surface area contributed by atoms with E-state index in [0.717, 1.165) is 30.6 Å². The van der Waals surface area contributed by atoms with Gasteiger partial charge in [0.05, 0.1) is 12.1 Å². The van der Waals surface area contributed by atoms with Crippen molar-refractivity contribution in [2.24, 2.45) is 0 Å². The number of amides is 3. The van der Waals surface area contributed by atoms with Gasteiger partial charge in [0.2, 0.25) is 5.91 Å². The molecule has 0 aliphatic carbocycles. The molecule has 184 valence electrons. The molecule has 2 aromatic rings. The first-order valence-electron chi connectivity index (χ1n) is 12.1. The Hall–Kier alpha value is -2.58. The fraction of sp³-hybridized carbons (Fsp3) is 0.538. The van der Waals surface area contributed by atoms with Crippen molar-refractivity contribution < 1.29 is 19.1 Å². The van der Waals surface area contributed by atoms with Gasteiger partial charge in [0.25, 0.3) is 0 Å². The lowest BCUT2D eigenvalue weighted by molar-refractivity contribution is -0.135. The Balaban J connectivity index is 1.48. The lowest BCUT2D eigenvalue weighted by atomic mass is 10.0. The van der Waals surface area contributed by atoms with Crippen molar-refractivity contribution in [3.63, 3.8) is 0 Å². The Labute approximate surface area is 206 Å². The lowest BCUT2D eigenvalue weighted by Crippen LogP contribution is -2.52. The molecule has 8 heteroatoms. The Bertz CT molecular complexity index is 969. The number of nitrogens with zero attached hydrogens (tertiary/aromatic N) is 2. The van der Waals surface area contributed by atoms with Gasteiger partial charge in [0, 0.05) is 30.6 Å². The number of nitrogens with one attached hydrogen (secondary N) is 1. The van der Waals surface area contributed by atoms with E-state index >= 15 is 0 Å². The normalized spacial score (nSPS) is 19.7. The molecule has 4 rings (SSSR count). The fourth-order valence-electron chi connectivity index (χ4n) is 4.53. The summed E-state index contributed by atoms with van der Waals surface area (Å²) in [4.78, 5) is 31.3. The zero-order chi connectivity index (χ0) is 24.1. The van der Waals surface area contributed by atoms with Gasteiger partial charge in [0.1, 0.15) is 18.9 Å². The number of benzene rings is 1. The first-order valence-corrected chi connectivity index (χ1v) is 13.0. The summed E-state index contributed by atoms with van der Waals surface area (Å²) in [5.41, 5.74) is 2.32. The molecule has 1 fully saturated rings. The number of carbonyl (C=O) groups excluding carboxylic acids is 2. The van der Waals surface area contributed by atoms with Crippen LogP contribution < -0.4 is 10.1 Å². The van der Waals surface area contributed by atoms with Gasteiger partial charge in [-0.05, 0) is 69.2 Å². The van der Waals surface area contributed by atoms with Gasteiger partial charge in [-0.25, -0.2) is 4.79 Å².